The first kappa shape index (κ1) is 18.4. The van der Waals surface area contributed by atoms with Gasteiger partial charge in [-0.3, -0.25) is 4.79 Å². The largest absolute Gasteiger partial charge is 0.496 e. The number of anilines is 1. The van der Waals surface area contributed by atoms with E-state index in [2.05, 4.69) is 15.3 Å². The van der Waals surface area contributed by atoms with Crippen LogP contribution in [0.25, 0.3) is 0 Å². The van der Waals surface area contributed by atoms with Gasteiger partial charge in [0, 0.05) is 31.9 Å². The van der Waals surface area contributed by atoms with Gasteiger partial charge >= 0.3 is 0 Å². The van der Waals surface area contributed by atoms with Crippen LogP contribution in [0.5, 0.6) is 5.75 Å². The number of para-hydroxylation sites is 1. The predicted molar refractivity (Wildman–Crippen MR) is 105 cm³/mol. The molecule has 0 atom stereocenters. The van der Waals surface area contributed by atoms with Crippen molar-refractivity contribution in [2.75, 3.05) is 19.5 Å². The van der Waals surface area contributed by atoms with E-state index in [1.165, 1.54) is 0 Å². The molecule has 0 aliphatic carbocycles. The lowest BCUT2D eigenvalue weighted by atomic mass is 10.2. The Bertz CT molecular complexity index is 899. The lowest BCUT2D eigenvalue weighted by Crippen LogP contribution is -2.27. The lowest BCUT2D eigenvalue weighted by molar-refractivity contribution is 0.0779. The highest BCUT2D eigenvalue weighted by Gasteiger charge is 2.14. The van der Waals surface area contributed by atoms with Crippen LogP contribution in [-0.2, 0) is 13.1 Å². The van der Waals surface area contributed by atoms with Gasteiger partial charge in [-0.25, -0.2) is 9.97 Å². The quantitative estimate of drug-likeness (QED) is 0.698. The Morgan fingerprint density at radius 2 is 1.81 bits per heavy atom. The van der Waals surface area contributed by atoms with E-state index in [-0.39, 0.29) is 5.91 Å². The molecule has 0 aliphatic heterocycles. The van der Waals surface area contributed by atoms with E-state index in [1.807, 2.05) is 54.6 Å². The minimum absolute atomic E-state index is 0.151. The van der Waals surface area contributed by atoms with E-state index in [4.69, 9.17) is 4.74 Å². The van der Waals surface area contributed by atoms with E-state index < -0.39 is 0 Å². The van der Waals surface area contributed by atoms with Crippen molar-refractivity contribution in [3.8, 4) is 5.75 Å². The van der Waals surface area contributed by atoms with Crippen molar-refractivity contribution in [1.82, 2.24) is 14.9 Å². The maximum Gasteiger partial charge on any atom is 0.272 e. The maximum absolute atomic E-state index is 12.7. The molecule has 0 unspecified atom stereocenters. The molecule has 1 heterocycles. The van der Waals surface area contributed by atoms with E-state index in [0.717, 1.165) is 16.9 Å². The molecule has 2 aromatic carbocycles. The topological polar surface area (TPSA) is 67.3 Å². The van der Waals surface area contributed by atoms with Gasteiger partial charge in [-0.1, -0.05) is 48.5 Å². The zero-order chi connectivity index (χ0) is 19.1. The van der Waals surface area contributed by atoms with Crippen molar-refractivity contribution < 1.29 is 9.53 Å². The molecule has 1 N–H and O–H groups in total. The van der Waals surface area contributed by atoms with Gasteiger partial charge in [-0.05, 0) is 17.7 Å². The molecule has 0 saturated heterocycles. The first-order valence-electron chi connectivity index (χ1n) is 8.65. The average molecular weight is 362 g/mol. The number of carbonyl (C=O) groups excluding carboxylic acids is 1. The predicted octanol–water partition coefficient (Wildman–Crippen LogP) is 3.37. The van der Waals surface area contributed by atoms with Crippen molar-refractivity contribution in [2.24, 2.45) is 0 Å². The molecule has 0 bridgehead atoms. The summed E-state index contributed by atoms with van der Waals surface area (Å²) in [5, 5.41) is 3.15. The summed E-state index contributed by atoms with van der Waals surface area (Å²) in [5.41, 5.74) is 2.41. The summed E-state index contributed by atoms with van der Waals surface area (Å²) in [6.45, 7) is 1.02. The van der Waals surface area contributed by atoms with Crippen molar-refractivity contribution in [1.29, 1.82) is 0 Å². The molecule has 138 valence electrons. The zero-order valence-corrected chi connectivity index (χ0v) is 15.4. The lowest BCUT2D eigenvalue weighted by Gasteiger charge is -2.17. The Balaban J connectivity index is 1.66. The number of hydrogen-bond acceptors (Lipinski definition) is 5. The van der Waals surface area contributed by atoms with Crippen LogP contribution in [0.1, 0.15) is 21.6 Å². The smallest absolute Gasteiger partial charge is 0.272 e. The third kappa shape index (κ3) is 4.82. The fourth-order valence-electron chi connectivity index (χ4n) is 2.71. The third-order valence-corrected chi connectivity index (χ3v) is 4.11. The summed E-state index contributed by atoms with van der Waals surface area (Å²) in [6, 6.07) is 19.2. The molecule has 6 heteroatoms. The highest BCUT2D eigenvalue weighted by atomic mass is 16.5. The number of rotatable bonds is 7. The fourth-order valence-corrected chi connectivity index (χ4v) is 2.71. The van der Waals surface area contributed by atoms with Crippen LogP contribution >= 0.6 is 0 Å². The van der Waals surface area contributed by atoms with Crippen LogP contribution in [0, 0.1) is 0 Å². The van der Waals surface area contributed by atoms with E-state index >= 15 is 0 Å². The third-order valence-electron chi connectivity index (χ3n) is 4.11. The number of amides is 1. The Labute approximate surface area is 158 Å². The van der Waals surface area contributed by atoms with Gasteiger partial charge in [0.05, 0.1) is 7.11 Å². The molecule has 0 spiro atoms. The number of aromatic nitrogens is 2. The molecule has 6 nitrogen and oxygen atoms in total. The Morgan fingerprint density at radius 3 is 2.59 bits per heavy atom. The monoisotopic (exact) mass is 362 g/mol. The van der Waals surface area contributed by atoms with E-state index in [0.29, 0.717) is 24.7 Å². The van der Waals surface area contributed by atoms with Crippen LogP contribution < -0.4 is 10.1 Å². The van der Waals surface area contributed by atoms with Crippen molar-refractivity contribution >= 4 is 11.9 Å². The minimum atomic E-state index is -0.151. The molecule has 1 amide bonds. The molecule has 0 fully saturated rings. The standard InChI is InChI=1S/C21H22N4O2/c1-25(15-16-8-4-3-5-9-16)20(26)18-12-13-22-21(24-18)23-14-17-10-6-7-11-19(17)27-2/h3-13H,14-15H2,1-2H3,(H,22,23,24). The SMILES string of the molecule is COc1ccccc1CNc1nccc(C(=O)N(C)Cc2ccccc2)n1. The second-order valence-corrected chi connectivity index (χ2v) is 6.08. The Hall–Kier alpha value is -3.41. The molecule has 1 aromatic heterocycles. The fraction of sp³-hybridized carbons (Fsp3) is 0.190. The molecular formula is C21H22N4O2. The molecule has 0 aliphatic rings. The first-order valence-corrected chi connectivity index (χ1v) is 8.65. The van der Waals surface area contributed by atoms with Gasteiger partial charge in [0.1, 0.15) is 11.4 Å². The van der Waals surface area contributed by atoms with Crippen molar-refractivity contribution in [2.45, 2.75) is 13.1 Å². The molecular weight excluding hydrogens is 340 g/mol. The Kier molecular flexibility index (Phi) is 5.99. The number of carbonyl (C=O) groups is 1. The molecule has 3 rings (SSSR count). The molecule has 0 saturated carbocycles. The van der Waals surface area contributed by atoms with E-state index in [1.54, 1.807) is 31.3 Å². The molecule has 27 heavy (non-hydrogen) atoms. The molecule has 3 aromatic rings. The first-order chi connectivity index (χ1) is 13.2. The minimum Gasteiger partial charge on any atom is -0.496 e. The maximum atomic E-state index is 12.7. The van der Waals surface area contributed by atoms with Crippen LogP contribution in [0.3, 0.4) is 0 Å². The van der Waals surface area contributed by atoms with Gasteiger partial charge in [0.2, 0.25) is 5.95 Å². The number of benzene rings is 2. The molecule has 0 radical (unpaired) electrons. The summed E-state index contributed by atoms with van der Waals surface area (Å²) in [7, 11) is 3.40. The number of methoxy groups -OCH3 is 1. The van der Waals surface area contributed by atoms with Crippen LogP contribution in [-0.4, -0.2) is 34.9 Å². The summed E-state index contributed by atoms with van der Waals surface area (Å²) in [4.78, 5) is 22.9. The highest BCUT2D eigenvalue weighted by molar-refractivity contribution is 5.92. The average Bonchev–Trinajstić information content (AvgIpc) is 2.72. The highest BCUT2D eigenvalue weighted by Crippen LogP contribution is 2.18. The van der Waals surface area contributed by atoms with Crippen LogP contribution in [0.2, 0.25) is 0 Å². The van der Waals surface area contributed by atoms with Gasteiger partial charge in [0.25, 0.3) is 5.91 Å². The van der Waals surface area contributed by atoms with Gasteiger partial charge in [0.15, 0.2) is 0 Å². The van der Waals surface area contributed by atoms with Crippen LogP contribution in [0.4, 0.5) is 5.95 Å². The zero-order valence-electron chi connectivity index (χ0n) is 15.4. The van der Waals surface area contributed by atoms with Gasteiger partial charge in [-0.2, -0.15) is 0 Å². The number of nitrogens with one attached hydrogen (secondary N) is 1. The second kappa shape index (κ2) is 8.80. The summed E-state index contributed by atoms with van der Waals surface area (Å²) in [6.07, 6.45) is 1.58. The Morgan fingerprint density at radius 1 is 1.07 bits per heavy atom. The second-order valence-electron chi connectivity index (χ2n) is 6.08. The number of nitrogens with zero attached hydrogens (tertiary/aromatic N) is 3. The summed E-state index contributed by atoms with van der Waals surface area (Å²) >= 11 is 0. The van der Waals surface area contributed by atoms with Gasteiger partial charge in [-0.15, -0.1) is 0 Å². The summed E-state index contributed by atoms with van der Waals surface area (Å²) < 4.78 is 5.34. The van der Waals surface area contributed by atoms with Crippen LogP contribution in [0.15, 0.2) is 66.9 Å². The normalized spacial score (nSPS) is 10.3. The van der Waals surface area contributed by atoms with Gasteiger partial charge < -0.3 is 15.0 Å². The summed E-state index contributed by atoms with van der Waals surface area (Å²) in [5.74, 6) is 1.04. The van der Waals surface area contributed by atoms with E-state index in [9.17, 15) is 4.79 Å². The van der Waals surface area contributed by atoms with Crippen molar-refractivity contribution in [3.05, 3.63) is 83.7 Å². The van der Waals surface area contributed by atoms with Crippen molar-refractivity contribution in [3.63, 3.8) is 0 Å². The number of ether oxygens (including phenoxy) is 1. The number of hydrogen-bond donors (Lipinski definition) is 1.